The Balaban J connectivity index is 1.21. The van der Waals surface area contributed by atoms with Crippen molar-refractivity contribution < 1.29 is 14.1 Å². The average Bonchev–Trinajstić information content (AvgIpc) is 3.86. The maximum atomic E-state index is 13.8. The van der Waals surface area contributed by atoms with Gasteiger partial charge in [0.15, 0.2) is 16.8 Å². The number of ether oxygens (including phenoxy) is 1. The fourth-order valence-electron chi connectivity index (χ4n) is 8.18. The number of esters is 1. The van der Waals surface area contributed by atoms with E-state index < -0.39 is 5.54 Å². The van der Waals surface area contributed by atoms with Gasteiger partial charge in [0.2, 0.25) is 5.82 Å². The molecular formula is C49H45N6O2+. The summed E-state index contributed by atoms with van der Waals surface area (Å²) in [6, 6.07) is 57.7. The van der Waals surface area contributed by atoms with Gasteiger partial charge in [0.1, 0.15) is 12.3 Å². The van der Waals surface area contributed by atoms with E-state index in [0.717, 1.165) is 68.9 Å². The number of rotatable bonds is 13. The molecule has 8 heteroatoms. The van der Waals surface area contributed by atoms with Crippen LogP contribution in [0, 0.1) is 0 Å². The van der Waals surface area contributed by atoms with Crippen LogP contribution in [-0.2, 0) is 21.5 Å². The van der Waals surface area contributed by atoms with Crippen molar-refractivity contribution in [3.63, 3.8) is 0 Å². The van der Waals surface area contributed by atoms with E-state index in [2.05, 4.69) is 92.8 Å². The van der Waals surface area contributed by atoms with E-state index in [4.69, 9.17) is 25.2 Å². The third-order valence-electron chi connectivity index (χ3n) is 10.6. The number of tetrazole rings is 1. The first-order valence-corrected chi connectivity index (χ1v) is 19.5. The Bertz CT molecular complexity index is 2440. The predicted octanol–water partition coefficient (Wildman–Crippen LogP) is 9.59. The number of carbonyl (C=O) groups is 1. The zero-order chi connectivity index (χ0) is 39.2. The van der Waals surface area contributed by atoms with E-state index >= 15 is 0 Å². The Morgan fingerprint density at radius 1 is 0.649 bits per heavy atom. The fourth-order valence-corrected chi connectivity index (χ4v) is 8.18. The van der Waals surface area contributed by atoms with Gasteiger partial charge in [-0.3, -0.25) is 0 Å². The molecule has 282 valence electrons. The highest BCUT2D eigenvalue weighted by molar-refractivity contribution is 6.25. The molecule has 7 aromatic rings. The Kier molecular flexibility index (Phi) is 10.5. The van der Waals surface area contributed by atoms with Crippen molar-refractivity contribution in [3.8, 4) is 22.5 Å². The van der Waals surface area contributed by atoms with Crippen molar-refractivity contribution in [2.45, 2.75) is 32.2 Å². The van der Waals surface area contributed by atoms with Crippen LogP contribution >= 0.6 is 0 Å². The molecule has 1 aliphatic heterocycles. The average molecular weight is 750 g/mol. The number of hydrogen-bond donors (Lipinski definition) is 0. The van der Waals surface area contributed by atoms with Gasteiger partial charge in [-0.15, -0.1) is 15.0 Å². The first kappa shape index (κ1) is 37.2. The van der Waals surface area contributed by atoms with Gasteiger partial charge >= 0.3 is 5.97 Å². The van der Waals surface area contributed by atoms with Gasteiger partial charge in [-0.1, -0.05) is 170 Å². The van der Waals surface area contributed by atoms with Crippen LogP contribution in [0.2, 0.25) is 0 Å². The van der Waals surface area contributed by atoms with Gasteiger partial charge in [-0.25, -0.2) is 4.79 Å². The summed E-state index contributed by atoms with van der Waals surface area (Å²) in [5.41, 5.74) is 9.12. The zero-order valence-corrected chi connectivity index (χ0v) is 32.5. The summed E-state index contributed by atoms with van der Waals surface area (Å²) >= 11 is 0. The Morgan fingerprint density at radius 3 is 1.70 bits per heavy atom. The topological polar surface area (TPSA) is 82.3 Å². The van der Waals surface area contributed by atoms with Crippen LogP contribution in [0.3, 0.4) is 0 Å². The van der Waals surface area contributed by atoms with E-state index in [9.17, 15) is 4.79 Å². The quantitative estimate of drug-likeness (QED) is 0.0667. The smallest absolute Gasteiger partial charge is 0.346 e. The van der Waals surface area contributed by atoms with E-state index in [1.807, 2.05) is 97.9 Å². The van der Waals surface area contributed by atoms with Crippen LogP contribution in [0.25, 0.3) is 28.2 Å². The molecule has 1 atom stereocenters. The molecule has 0 bridgehead atoms. The minimum absolute atomic E-state index is 0.266. The Morgan fingerprint density at radius 2 is 1.16 bits per heavy atom. The minimum atomic E-state index is -0.887. The van der Waals surface area contributed by atoms with Gasteiger partial charge in [0.25, 0.3) is 0 Å². The summed E-state index contributed by atoms with van der Waals surface area (Å²) in [6.07, 6.45) is 1.42. The van der Waals surface area contributed by atoms with E-state index in [0.29, 0.717) is 17.8 Å². The first-order valence-electron chi connectivity index (χ1n) is 19.5. The molecule has 1 aromatic heterocycles. The van der Waals surface area contributed by atoms with Crippen LogP contribution in [-0.4, -0.2) is 56.7 Å². The number of nitrogens with zero attached hydrogens (tertiary/aromatic N) is 6. The second-order valence-electron chi connectivity index (χ2n) is 14.4. The summed E-state index contributed by atoms with van der Waals surface area (Å²) in [6.45, 7) is 5.00. The molecule has 0 spiro atoms. The maximum Gasteiger partial charge on any atom is 0.346 e. The van der Waals surface area contributed by atoms with Crippen molar-refractivity contribution in [3.05, 3.63) is 203 Å². The number of hydrogen-bond acceptors (Lipinski definition) is 6. The number of carbonyl (C=O) groups excluding carboxylic acids is 1. The monoisotopic (exact) mass is 749 g/mol. The van der Waals surface area contributed by atoms with E-state index in [1.165, 1.54) is 0 Å². The van der Waals surface area contributed by atoms with Gasteiger partial charge in [-0.05, 0) is 64.1 Å². The zero-order valence-electron chi connectivity index (χ0n) is 32.5. The highest BCUT2D eigenvalue weighted by atomic mass is 16.5. The molecule has 0 amide bonds. The third kappa shape index (κ3) is 7.00. The Hall–Kier alpha value is -6.77. The van der Waals surface area contributed by atoms with Crippen LogP contribution < -0.4 is 0 Å². The molecule has 0 N–H and O–H groups in total. The van der Waals surface area contributed by atoms with Gasteiger partial charge in [0.05, 0.1) is 13.7 Å². The molecule has 0 radical (unpaired) electrons. The second kappa shape index (κ2) is 16.1. The van der Waals surface area contributed by atoms with E-state index in [1.54, 1.807) is 4.80 Å². The van der Waals surface area contributed by atoms with Crippen LogP contribution in [0.4, 0.5) is 0 Å². The van der Waals surface area contributed by atoms with E-state index in [-0.39, 0.29) is 17.2 Å². The normalized spacial score (nSPS) is 15.4. The summed E-state index contributed by atoms with van der Waals surface area (Å²) in [4.78, 5) is 15.5. The molecule has 6 aromatic carbocycles. The van der Waals surface area contributed by atoms with Crippen molar-refractivity contribution >= 4 is 17.4 Å². The lowest BCUT2D eigenvalue weighted by Crippen LogP contribution is -2.39. The van der Waals surface area contributed by atoms with Gasteiger partial charge < -0.3 is 4.74 Å². The summed E-state index contributed by atoms with van der Waals surface area (Å²) in [7, 11) is 2.08. The predicted molar refractivity (Wildman–Crippen MR) is 226 cm³/mol. The SMILES string of the molecule is CCC[N+]1(C)N=C(Cc2ccccc2)C(C(=O)OCC)=C1c1ccc(-c2ccccc2-c2nnn(C(c3ccccc3)(c3ccccc3)c3ccccc3)n2)cc1. The van der Waals surface area contributed by atoms with Crippen molar-refractivity contribution in [2.24, 2.45) is 5.10 Å². The lowest BCUT2D eigenvalue weighted by Gasteiger charge is -2.34. The summed E-state index contributed by atoms with van der Waals surface area (Å²) in [5.74, 6) is 0.164. The molecule has 1 aliphatic rings. The second-order valence-corrected chi connectivity index (χ2v) is 14.4. The molecule has 0 fully saturated rings. The molecule has 0 saturated carbocycles. The molecular weight excluding hydrogens is 705 g/mol. The maximum absolute atomic E-state index is 13.8. The summed E-state index contributed by atoms with van der Waals surface area (Å²) in [5, 5.41) is 20.0. The lowest BCUT2D eigenvalue weighted by atomic mass is 9.77. The highest BCUT2D eigenvalue weighted by Crippen LogP contribution is 2.42. The van der Waals surface area contributed by atoms with Crippen molar-refractivity contribution in [1.82, 2.24) is 20.2 Å². The lowest BCUT2D eigenvalue weighted by molar-refractivity contribution is -0.844. The third-order valence-corrected chi connectivity index (χ3v) is 10.6. The van der Waals surface area contributed by atoms with Gasteiger partial charge in [-0.2, -0.15) is 4.59 Å². The van der Waals surface area contributed by atoms with Crippen molar-refractivity contribution in [1.29, 1.82) is 0 Å². The standard InChI is InChI=1S/C49H45N6O2/c1-4-34-55(3)46(45(48(56)57-5-2)44(52-55)35-36-20-10-6-11-21-36)38-32-30-37(31-33-38)42-28-18-19-29-43(42)47-50-53-54(51-47)49(39-22-12-7-13-23-39,40-24-14-8-15-25-40)41-26-16-9-17-27-41/h6-33H,4-5,34-35H2,1-3H3/q+1. The first-order chi connectivity index (χ1) is 28.0. The van der Waals surface area contributed by atoms with Gasteiger partial charge in [0, 0.05) is 17.5 Å². The number of quaternary nitrogens is 1. The largest absolute Gasteiger partial charge is 0.462 e. The van der Waals surface area contributed by atoms with Crippen LogP contribution in [0.15, 0.2) is 181 Å². The molecule has 2 heterocycles. The fraction of sp³-hybridized carbons (Fsp3) is 0.163. The molecule has 0 aliphatic carbocycles. The number of benzene rings is 6. The molecule has 57 heavy (non-hydrogen) atoms. The molecule has 8 nitrogen and oxygen atoms in total. The molecule has 8 rings (SSSR count). The molecule has 1 unspecified atom stereocenters. The summed E-state index contributed by atoms with van der Waals surface area (Å²) < 4.78 is 5.94. The Labute approximate surface area is 334 Å². The minimum Gasteiger partial charge on any atom is -0.462 e. The molecule has 0 saturated heterocycles. The van der Waals surface area contributed by atoms with Crippen LogP contribution in [0.5, 0.6) is 0 Å². The van der Waals surface area contributed by atoms with Crippen molar-refractivity contribution in [2.75, 3.05) is 20.2 Å². The van der Waals surface area contributed by atoms with Crippen LogP contribution in [0.1, 0.15) is 48.1 Å². The number of aromatic nitrogens is 4. The highest BCUT2D eigenvalue weighted by Gasteiger charge is 2.44.